The van der Waals surface area contributed by atoms with Gasteiger partial charge in [0.1, 0.15) is 12.1 Å². The van der Waals surface area contributed by atoms with Crippen LogP contribution in [0.2, 0.25) is 0 Å². The molecule has 3 rings (SSSR count). The molecule has 3 N–H and O–H groups in total. The molecule has 30 heavy (non-hydrogen) atoms. The summed E-state index contributed by atoms with van der Waals surface area (Å²) in [7, 11) is -3.21. The van der Waals surface area contributed by atoms with Gasteiger partial charge in [0.25, 0.3) is 0 Å². The molecule has 0 unspecified atom stereocenters. The topological polar surface area (TPSA) is 110 Å². The first-order valence-electron chi connectivity index (χ1n) is 9.12. The Kier molecular flexibility index (Phi) is 7.07. The van der Waals surface area contributed by atoms with Crippen molar-refractivity contribution in [3.05, 3.63) is 72.1 Å². The van der Waals surface area contributed by atoms with Gasteiger partial charge in [-0.15, -0.1) is 0 Å². The fraction of sp³-hybridized carbons (Fsp3) is 0.190. The minimum absolute atomic E-state index is 0.0778. The Balaban J connectivity index is 1.88. The van der Waals surface area contributed by atoms with E-state index in [1.54, 1.807) is 0 Å². The summed E-state index contributed by atoms with van der Waals surface area (Å²) in [5, 5.41) is 3.69. The summed E-state index contributed by atoms with van der Waals surface area (Å²) in [6, 6.07) is 17.2. The lowest BCUT2D eigenvalue weighted by molar-refractivity contribution is 0.601. The highest BCUT2D eigenvalue weighted by Gasteiger charge is 2.11. The number of anilines is 2. The number of nitrogens with two attached hydrogens (primary N) is 1. The molecule has 0 aliphatic carbocycles. The van der Waals surface area contributed by atoms with E-state index >= 15 is 0 Å². The second-order valence-corrected chi connectivity index (χ2v) is 9.66. The molecule has 0 saturated carbocycles. The van der Waals surface area contributed by atoms with Crippen LogP contribution in [0.5, 0.6) is 0 Å². The number of thioether (sulfide) groups is 1. The van der Waals surface area contributed by atoms with Crippen molar-refractivity contribution < 1.29 is 8.42 Å². The molecular formula is C21H23N5O2S2. The number of hydrogen-bond acceptors (Lipinski definition) is 7. The van der Waals surface area contributed by atoms with E-state index in [9.17, 15) is 8.42 Å². The predicted molar refractivity (Wildman–Crippen MR) is 125 cm³/mol. The molecule has 0 aliphatic rings. The highest BCUT2D eigenvalue weighted by atomic mass is 32.2. The third-order valence-electron chi connectivity index (χ3n) is 4.25. The number of sulfone groups is 1. The van der Waals surface area contributed by atoms with Crippen molar-refractivity contribution in [2.45, 2.75) is 12.3 Å². The minimum Gasteiger partial charge on any atom is -0.379 e. The first-order valence-corrected chi connectivity index (χ1v) is 12.4. The Labute approximate surface area is 180 Å². The number of hydrogen-bond donors (Lipinski definition) is 2. The maximum atomic E-state index is 11.9. The Morgan fingerprint density at radius 3 is 2.57 bits per heavy atom. The van der Waals surface area contributed by atoms with Crippen LogP contribution < -0.4 is 11.1 Å². The summed E-state index contributed by atoms with van der Waals surface area (Å²) in [6.45, 7) is 0.323. The molecule has 1 heterocycles. The molecule has 0 aliphatic heterocycles. The van der Waals surface area contributed by atoms with Crippen molar-refractivity contribution in [2.24, 2.45) is 10.7 Å². The third kappa shape index (κ3) is 6.30. The van der Waals surface area contributed by atoms with E-state index in [0.717, 1.165) is 22.5 Å². The van der Waals surface area contributed by atoms with E-state index in [0.29, 0.717) is 23.1 Å². The summed E-state index contributed by atoms with van der Waals surface area (Å²) in [6.07, 6.45) is 4.55. The number of nitrogens with zero attached hydrogens (tertiary/aromatic N) is 3. The lowest BCUT2D eigenvalue weighted by atomic mass is 10.1. The zero-order chi connectivity index (χ0) is 21.6. The molecule has 0 fully saturated rings. The van der Waals surface area contributed by atoms with Gasteiger partial charge in [-0.3, -0.25) is 4.99 Å². The zero-order valence-corrected chi connectivity index (χ0v) is 18.4. The van der Waals surface area contributed by atoms with E-state index in [4.69, 9.17) is 5.73 Å². The average molecular weight is 442 g/mol. The maximum Gasteiger partial charge on any atom is 0.153 e. The molecule has 0 amide bonds. The van der Waals surface area contributed by atoms with Crippen LogP contribution in [0.1, 0.15) is 11.1 Å². The molecular weight excluding hydrogens is 418 g/mol. The molecule has 0 saturated heterocycles. The van der Waals surface area contributed by atoms with E-state index in [-0.39, 0.29) is 5.75 Å². The average Bonchev–Trinajstić information content (AvgIpc) is 2.72. The third-order valence-corrected chi connectivity index (χ3v) is 5.63. The normalized spacial score (nSPS) is 12.0. The van der Waals surface area contributed by atoms with E-state index in [1.165, 1.54) is 24.3 Å². The van der Waals surface area contributed by atoms with Crippen LogP contribution >= 0.6 is 11.8 Å². The number of aliphatic imine (C=N–C) groups is 1. The largest absolute Gasteiger partial charge is 0.379 e. The molecule has 0 bridgehead atoms. The maximum absolute atomic E-state index is 11.9. The number of amidine groups is 1. The Hall–Kier alpha value is -2.91. The molecule has 7 nitrogen and oxygen atoms in total. The zero-order valence-electron chi connectivity index (χ0n) is 16.7. The van der Waals surface area contributed by atoms with Crippen LogP contribution in [-0.4, -0.2) is 36.1 Å². The number of nitrogens with one attached hydrogen (secondary N) is 1. The smallest absolute Gasteiger partial charge is 0.153 e. The molecule has 9 heteroatoms. The number of rotatable bonds is 7. The van der Waals surface area contributed by atoms with Crippen molar-refractivity contribution in [3.63, 3.8) is 0 Å². The molecule has 3 aromatic rings. The molecule has 0 atom stereocenters. The Morgan fingerprint density at radius 1 is 1.10 bits per heavy atom. The quantitative estimate of drug-likeness (QED) is 0.426. The molecule has 2 aromatic carbocycles. The van der Waals surface area contributed by atoms with E-state index in [2.05, 4.69) is 20.3 Å². The van der Waals surface area contributed by atoms with Gasteiger partial charge in [0.2, 0.25) is 0 Å². The second kappa shape index (κ2) is 9.73. The van der Waals surface area contributed by atoms with Crippen molar-refractivity contribution in [3.8, 4) is 11.3 Å². The van der Waals surface area contributed by atoms with Gasteiger partial charge >= 0.3 is 0 Å². The second-order valence-electron chi connectivity index (χ2n) is 6.69. The monoisotopic (exact) mass is 441 g/mol. The van der Waals surface area contributed by atoms with Gasteiger partial charge in [0, 0.05) is 23.6 Å². The van der Waals surface area contributed by atoms with Crippen LogP contribution in [0.4, 0.5) is 11.5 Å². The molecule has 156 valence electrons. The van der Waals surface area contributed by atoms with Gasteiger partial charge in [-0.1, -0.05) is 48.2 Å². The Morgan fingerprint density at radius 2 is 1.87 bits per heavy atom. The SMILES string of the molecule is CSC(N)=NCc1ccc(Nc2cc(-c3ccccc3)ncn2)cc1CS(C)(=O)=O. The number of benzene rings is 2. The van der Waals surface area contributed by atoms with E-state index < -0.39 is 9.84 Å². The standard InChI is InChI=1S/C21H23N5O2S2/c1-29-21(22)23-12-16-8-9-18(10-17(16)13-30(2,27)28)26-20-11-19(24-14-25-20)15-6-4-3-5-7-15/h3-11,14H,12-13H2,1-2H3,(H2,22,23)(H,24,25,26). The Bertz CT molecular complexity index is 1150. The summed E-state index contributed by atoms with van der Waals surface area (Å²) in [5.74, 6) is 0.539. The first kappa shape index (κ1) is 21.8. The van der Waals surface area contributed by atoms with Gasteiger partial charge < -0.3 is 11.1 Å². The van der Waals surface area contributed by atoms with Crippen LogP contribution in [0, 0.1) is 0 Å². The van der Waals surface area contributed by atoms with Gasteiger partial charge in [-0.25, -0.2) is 18.4 Å². The van der Waals surface area contributed by atoms with Crippen LogP contribution in [-0.2, 0) is 22.1 Å². The highest BCUT2D eigenvalue weighted by molar-refractivity contribution is 8.13. The van der Waals surface area contributed by atoms with Crippen molar-refractivity contribution >= 4 is 38.3 Å². The van der Waals surface area contributed by atoms with Crippen molar-refractivity contribution in [1.29, 1.82) is 0 Å². The summed E-state index contributed by atoms with van der Waals surface area (Å²) in [4.78, 5) is 12.9. The first-order chi connectivity index (χ1) is 14.3. The summed E-state index contributed by atoms with van der Waals surface area (Å²) >= 11 is 1.35. The summed E-state index contributed by atoms with van der Waals surface area (Å²) < 4.78 is 23.8. The van der Waals surface area contributed by atoms with Crippen LogP contribution in [0.25, 0.3) is 11.3 Å². The highest BCUT2D eigenvalue weighted by Crippen LogP contribution is 2.24. The lowest BCUT2D eigenvalue weighted by Crippen LogP contribution is -2.08. The molecule has 1 aromatic heterocycles. The van der Waals surface area contributed by atoms with Gasteiger partial charge in [-0.05, 0) is 29.5 Å². The predicted octanol–water partition coefficient (Wildman–Crippen LogP) is 3.61. The van der Waals surface area contributed by atoms with Crippen molar-refractivity contribution in [2.75, 3.05) is 17.8 Å². The van der Waals surface area contributed by atoms with Gasteiger partial charge in [0.05, 0.1) is 18.0 Å². The molecule has 0 spiro atoms. The summed E-state index contributed by atoms with van der Waals surface area (Å²) in [5.41, 5.74) is 9.77. The van der Waals surface area contributed by atoms with Crippen LogP contribution in [0.15, 0.2) is 65.9 Å². The number of aromatic nitrogens is 2. The van der Waals surface area contributed by atoms with Gasteiger partial charge in [0.15, 0.2) is 15.0 Å². The van der Waals surface area contributed by atoms with E-state index in [1.807, 2.05) is 60.9 Å². The molecule has 0 radical (unpaired) electrons. The fourth-order valence-electron chi connectivity index (χ4n) is 2.84. The lowest BCUT2D eigenvalue weighted by Gasteiger charge is -2.12. The van der Waals surface area contributed by atoms with Crippen molar-refractivity contribution in [1.82, 2.24) is 9.97 Å². The minimum atomic E-state index is -3.21. The van der Waals surface area contributed by atoms with Gasteiger partial charge in [-0.2, -0.15) is 0 Å². The van der Waals surface area contributed by atoms with Crippen LogP contribution in [0.3, 0.4) is 0 Å². The fourth-order valence-corrected chi connectivity index (χ4v) is 3.87.